The van der Waals surface area contributed by atoms with Gasteiger partial charge >= 0.3 is 0 Å². The lowest BCUT2D eigenvalue weighted by molar-refractivity contribution is -0.121. The number of hydrogen-bond donors (Lipinski definition) is 3. The first-order valence-electron chi connectivity index (χ1n) is 6.16. The van der Waals surface area contributed by atoms with E-state index in [2.05, 4.69) is 5.32 Å². The summed E-state index contributed by atoms with van der Waals surface area (Å²) in [5.41, 5.74) is 6.22. The van der Waals surface area contributed by atoms with Crippen LogP contribution in [0.2, 0.25) is 0 Å². The fourth-order valence-electron chi connectivity index (χ4n) is 1.34. The van der Waals surface area contributed by atoms with E-state index in [0.29, 0.717) is 31.2 Å². The number of nitrogens with two attached hydrogens (primary N) is 1. The molecule has 0 fully saturated rings. The lowest BCUT2D eigenvalue weighted by Crippen LogP contribution is -2.28. The number of anilines is 1. The molecule has 1 rings (SSSR count). The van der Waals surface area contributed by atoms with Gasteiger partial charge in [0.25, 0.3) is 0 Å². The van der Waals surface area contributed by atoms with Crippen LogP contribution >= 0.6 is 0 Å². The van der Waals surface area contributed by atoms with Gasteiger partial charge in [-0.25, -0.2) is 0 Å². The molecule has 0 radical (unpaired) electrons. The Morgan fingerprint density at radius 2 is 1.95 bits per heavy atom. The Kier molecular flexibility index (Phi) is 7.38. The molecular formula is C13H20N2O4. The molecule has 0 aromatic heterocycles. The highest BCUT2D eigenvalue weighted by Gasteiger charge is 2.01. The zero-order chi connectivity index (χ0) is 13.9. The average Bonchev–Trinajstić information content (AvgIpc) is 2.41. The Morgan fingerprint density at radius 1 is 1.21 bits per heavy atom. The summed E-state index contributed by atoms with van der Waals surface area (Å²) in [5, 5.41) is 11.2. The molecule has 0 saturated carbocycles. The summed E-state index contributed by atoms with van der Waals surface area (Å²) in [5.74, 6) is 0.594. The van der Waals surface area contributed by atoms with E-state index >= 15 is 0 Å². The molecule has 0 heterocycles. The number of aliphatic hydroxyl groups excluding tert-OH is 1. The number of ether oxygens (including phenoxy) is 2. The predicted octanol–water partition coefficient (Wildman–Crippen LogP) is 0.163. The summed E-state index contributed by atoms with van der Waals surface area (Å²) >= 11 is 0. The molecule has 1 amide bonds. The van der Waals surface area contributed by atoms with Crippen LogP contribution in [0.4, 0.5) is 5.69 Å². The zero-order valence-corrected chi connectivity index (χ0v) is 10.8. The third-order valence-corrected chi connectivity index (χ3v) is 2.28. The second-order valence-corrected chi connectivity index (χ2v) is 3.85. The quantitative estimate of drug-likeness (QED) is 0.438. The molecule has 1 aromatic carbocycles. The van der Waals surface area contributed by atoms with E-state index in [4.69, 9.17) is 20.3 Å². The second-order valence-electron chi connectivity index (χ2n) is 3.85. The van der Waals surface area contributed by atoms with Crippen molar-refractivity contribution in [1.29, 1.82) is 0 Å². The number of benzene rings is 1. The summed E-state index contributed by atoms with van der Waals surface area (Å²) in [4.78, 5) is 11.4. The minimum Gasteiger partial charge on any atom is -0.493 e. The van der Waals surface area contributed by atoms with Crippen molar-refractivity contribution in [2.75, 3.05) is 38.7 Å². The van der Waals surface area contributed by atoms with Crippen molar-refractivity contribution in [3.8, 4) is 5.75 Å². The van der Waals surface area contributed by atoms with Gasteiger partial charge in [0.2, 0.25) is 5.91 Å². The molecule has 0 aliphatic heterocycles. The van der Waals surface area contributed by atoms with Gasteiger partial charge in [-0.15, -0.1) is 0 Å². The van der Waals surface area contributed by atoms with Gasteiger partial charge in [0.05, 0.1) is 32.8 Å². The van der Waals surface area contributed by atoms with Crippen LogP contribution in [0.25, 0.3) is 0 Å². The SMILES string of the molecule is Nc1ccc(OCCC(=O)NCCOCCO)cc1. The molecule has 0 saturated heterocycles. The van der Waals surface area contributed by atoms with Crippen molar-refractivity contribution in [3.63, 3.8) is 0 Å². The van der Waals surface area contributed by atoms with Crippen LogP contribution in [0.3, 0.4) is 0 Å². The molecule has 0 bridgehead atoms. The van der Waals surface area contributed by atoms with Gasteiger partial charge in [-0.2, -0.15) is 0 Å². The summed E-state index contributed by atoms with van der Waals surface area (Å²) in [6.45, 7) is 1.42. The Bertz CT molecular complexity index is 367. The first-order chi connectivity index (χ1) is 9.22. The number of amides is 1. The fourth-order valence-corrected chi connectivity index (χ4v) is 1.34. The fraction of sp³-hybridized carbons (Fsp3) is 0.462. The molecule has 1 aromatic rings. The van der Waals surface area contributed by atoms with E-state index in [9.17, 15) is 4.79 Å². The smallest absolute Gasteiger partial charge is 0.223 e. The standard InChI is InChI=1S/C13H20N2O4/c14-11-1-3-12(4-2-11)19-8-5-13(17)15-6-9-18-10-7-16/h1-4,16H,5-10,14H2,(H,15,17). The lowest BCUT2D eigenvalue weighted by Gasteiger charge is -2.07. The normalized spacial score (nSPS) is 10.2. The first kappa shape index (κ1) is 15.3. The van der Waals surface area contributed by atoms with E-state index in [1.807, 2.05) is 0 Å². The highest BCUT2D eigenvalue weighted by molar-refractivity contribution is 5.75. The van der Waals surface area contributed by atoms with Crippen LogP contribution < -0.4 is 15.8 Å². The molecule has 0 unspecified atom stereocenters. The molecule has 19 heavy (non-hydrogen) atoms. The van der Waals surface area contributed by atoms with Gasteiger partial charge < -0.3 is 25.6 Å². The monoisotopic (exact) mass is 268 g/mol. The Labute approximate surface area is 112 Å². The predicted molar refractivity (Wildman–Crippen MR) is 71.9 cm³/mol. The number of nitrogen functional groups attached to an aromatic ring is 1. The number of carbonyl (C=O) groups excluding carboxylic acids is 1. The molecule has 0 spiro atoms. The van der Waals surface area contributed by atoms with Crippen molar-refractivity contribution in [1.82, 2.24) is 5.32 Å². The number of rotatable bonds is 9. The van der Waals surface area contributed by atoms with Crippen molar-refractivity contribution in [3.05, 3.63) is 24.3 Å². The second kappa shape index (κ2) is 9.18. The van der Waals surface area contributed by atoms with E-state index in [1.54, 1.807) is 24.3 Å². The van der Waals surface area contributed by atoms with Crippen LogP contribution in [0.1, 0.15) is 6.42 Å². The van der Waals surface area contributed by atoms with Gasteiger partial charge in [0.1, 0.15) is 5.75 Å². The highest BCUT2D eigenvalue weighted by Crippen LogP contribution is 2.12. The molecule has 0 atom stereocenters. The van der Waals surface area contributed by atoms with E-state index in [-0.39, 0.29) is 25.5 Å². The van der Waals surface area contributed by atoms with Gasteiger partial charge in [-0.05, 0) is 24.3 Å². The minimum atomic E-state index is -0.0944. The number of hydrogen-bond acceptors (Lipinski definition) is 5. The van der Waals surface area contributed by atoms with Crippen LogP contribution in [-0.2, 0) is 9.53 Å². The third kappa shape index (κ3) is 7.28. The van der Waals surface area contributed by atoms with Gasteiger partial charge in [-0.1, -0.05) is 0 Å². The molecular weight excluding hydrogens is 248 g/mol. The van der Waals surface area contributed by atoms with Gasteiger partial charge in [-0.3, -0.25) is 4.79 Å². The maximum atomic E-state index is 11.4. The zero-order valence-electron chi connectivity index (χ0n) is 10.8. The van der Waals surface area contributed by atoms with Crippen LogP contribution in [-0.4, -0.2) is 44.0 Å². The highest BCUT2D eigenvalue weighted by atomic mass is 16.5. The van der Waals surface area contributed by atoms with Crippen LogP contribution in [0.5, 0.6) is 5.75 Å². The average molecular weight is 268 g/mol. The van der Waals surface area contributed by atoms with E-state index < -0.39 is 0 Å². The summed E-state index contributed by atoms with van der Waals surface area (Å²) < 4.78 is 10.4. The van der Waals surface area contributed by atoms with Gasteiger partial charge in [0, 0.05) is 12.2 Å². The van der Waals surface area contributed by atoms with Crippen molar-refractivity contribution < 1.29 is 19.4 Å². The number of aliphatic hydroxyl groups is 1. The third-order valence-electron chi connectivity index (χ3n) is 2.28. The maximum Gasteiger partial charge on any atom is 0.223 e. The Balaban J connectivity index is 2.05. The topological polar surface area (TPSA) is 93.8 Å². The molecule has 6 heteroatoms. The van der Waals surface area contributed by atoms with E-state index in [0.717, 1.165) is 0 Å². The molecule has 0 aliphatic carbocycles. The van der Waals surface area contributed by atoms with Crippen molar-refractivity contribution >= 4 is 11.6 Å². The van der Waals surface area contributed by atoms with Crippen molar-refractivity contribution in [2.24, 2.45) is 0 Å². The summed E-state index contributed by atoms with van der Waals surface area (Å²) in [6, 6.07) is 7.01. The minimum absolute atomic E-state index is 0.0105. The Morgan fingerprint density at radius 3 is 2.63 bits per heavy atom. The summed E-state index contributed by atoms with van der Waals surface area (Å²) in [6.07, 6.45) is 0.282. The van der Waals surface area contributed by atoms with Crippen LogP contribution in [0, 0.1) is 0 Å². The summed E-state index contributed by atoms with van der Waals surface area (Å²) in [7, 11) is 0. The van der Waals surface area contributed by atoms with Crippen molar-refractivity contribution in [2.45, 2.75) is 6.42 Å². The molecule has 6 nitrogen and oxygen atoms in total. The Hall–Kier alpha value is -1.79. The maximum absolute atomic E-state index is 11.4. The first-order valence-corrected chi connectivity index (χ1v) is 6.16. The number of carbonyl (C=O) groups is 1. The molecule has 4 N–H and O–H groups in total. The van der Waals surface area contributed by atoms with Gasteiger partial charge in [0.15, 0.2) is 0 Å². The number of nitrogens with one attached hydrogen (secondary N) is 1. The molecule has 0 aliphatic rings. The largest absolute Gasteiger partial charge is 0.493 e. The lowest BCUT2D eigenvalue weighted by atomic mass is 10.3. The van der Waals surface area contributed by atoms with Crippen LogP contribution in [0.15, 0.2) is 24.3 Å². The molecule has 106 valence electrons. The van der Waals surface area contributed by atoms with E-state index in [1.165, 1.54) is 0 Å².